The summed E-state index contributed by atoms with van der Waals surface area (Å²) in [4.78, 5) is 25.1. The van der Waals surface area contributed by atoms with Gasteiger partial charge < -0.3 is 10.1 Å². The summed E-state index contributed by atoms with van der Waals surface area (Å²) in [6.45, 7) is 6.55. The Morgan fingerprint density at radius 1 is 1.08 bits per heavy atom. The highest BCUT2D eigenvalue weighted by Gasteiger charge is 2.09. The van der Waals surface area contributed by atoms with Gasteiger partial charge in [0, 0.05) is 24.2 Å². The third-order valence-corrected chi connectivity index (χ3v) is 3.32. The Bertz CT molecular complexity index is 754. The lowest BCUT2D eigenvalue weighted by Gasteiger charge is -2.12. The van der Waals surface area contributed by atoms with Crippen LogP contribution in [0.1, 0.15) is 17.0 Å². The van der Waals surface area contributed by atoms with Crippen LogP contribution >= 0.6 is 0 Å². The van der Waals surface area contributed by atoms with Crippen molar-refractivity contribution in [2.24, 2.45) is 4.99 Å². The molecule has 0 saturated carbocycles. The molecule has 0 fully saturated rings. The maximum Gasteiger partial charge on any atom is 0.326 e. The molecule has 2 rings (SSSR count). The Morgan fingerprint density at radius 3 is 2.35 bits per heavy atom. The summed E-state index contributed by atoms with van der Waals surface area (Å²) >= 11 is 0. The first-order valence-electron chi connectivity index (χ1n) is 8.23. The summed E-state index contributed by atoms with van der Waals surface area (Å²) < 4.78 is 5.00. The third-order valence-electron chi connectivity index (χ3n) is 3.32. The van der Waals surface area contributed by atoms with Crippen molar-refractivity contribution in [2.45, 2.75) is 20.8 Å². The summed E-state index contributed by atoms with van der Waals surface area (Å²) in [5.41, 5.74) is 3.44. The highest BCUT2D eigenvalue weighted by Crippen LogP contribution is 2.08. The second-order valence-electron chi connectivity index (χ2n) is 5.77. The number of benzene rings is 1. The number of aliphatic imine (C=N–C) groups is 1. The van der Waals surface area contributed by atoms with E-state index in [0.29, 0.717) is 24.8 Å². The van der Waals surface area contributed by atoms with Crippen molar-refractivity contribution in [1.29, 1.82) is 0 Å². The van der Waals surface area contributed by atoms with Crippen molar-refractivity contribution >= 4 is 23.6 Å². The number of anilines is 2. The minimum atomic E-state index is -0.415. The maximum absolute atomic E-state index is 12.2. The Hall–Kier alpha value is -3.00. The topological polar surface area (TPSA) is 101 Å². The number of rotatable bonds is 5. The fourth-order valence-electron chi connectivity index (χ4n) is 2.15. The van der Waals surface area contributed by atoms with Crippen LogP contribution in [0.4, 0.5) is 16.4 Å². The van der Waals surface area contributed by atoms with Crippen LogP contribution in [0.15, 0.2) is 35.3 Å². The van der Waals surface area contributed by atoms with E-state index in [1.165, 1.54) is 0 Å². The van der Waals surface area contributed by atoms with Crippen molar-refractivity contribution in [1.82, 2.24) is 15.3 Å². The van der Waals surface area contributed by atoms with E-state index in [4.69, 9.17) is 4.74 Å². The molecule has 0 aliphatic rings. The predicted octanol–water partition coefficient (Wildman–Crippen LogP) is 2.64. The van der Waals surface area contributed by atoms with Gasteiger partial charge in [0.2, 0.25) is 11.9 Å². The third kappa shape index (κ3) is 6.48. The van der Waals surface area contributed by atoms with Crippen molar-refractivity contribution in [3.63, 3.8) is 0 Å². The average Bonchev–Trinajstić information content (AvgIpc) is 2.56. The lowest BCUT2D eigenvalue weighted by atomic mass is 10.2. The zero-order chi connectivity index (χ0) is 18.9. The van der Waals surface area contributed by atoms with Crippen LogP contribution in [0.5, 0.6) is 0 Å². The van der Waals surface area contributed by atoms with Crippen molar-refractivity contribution in [2.75, 3.05) is 30.9 Å². The summed E-state index contributed by atoms with van der Waals surface area (Å²) in [5, 5.41) is 8.38. The number of aromatic nitrogens is 2. The molecule has 1 aromatic carbocycles. The Labute approximate surface area is 153 Å². The van der Waals surface area contributed by atoms with Gasteiger partial charge in [0.05, 0.1) is 13.2 Å². The maximum atomic E-state index is 12.2. The van der Waals surface area contributed by atoms with Gasteiger partial charge in [-0.2, -0.15) is 0 Å². The molecule has 0 aliphatic heterocycles. The minimum absolute atomic E-state index is 0.247. The highest BCUT2D eigenvalue weighted by atomic mass is 16.5. The van der Waals surface area contributed by atoms with Gasteiger partial charge in [-0.1, -0.05) is 17.7 Å². The highest BCUT2D eigenvalue weighted by molar-refractivity contribution is 6.07. The lowest BCUT2D eigenvalue weighted by molar-refractivity contribution is 0.208. The first-order valence-corrected chi connectivity index (χ1v) is 8.23. The molecule has 1 heterocycles. The zero-order valence-corrected chi connectivity index (χ0v) is 15.5. The lowest BCUT2D eigenvalue weighted by Crippen LogP contribution is -2.39. The second-order valence-corrected chi connectivity index (χ2v) is 5.77. The molecule has 8 nitrogen and oxygen atoms in total. The average molecular weight is 356 g/mol. The van der Waals surface area contributed by atoms with Crippen molar-refractivity contribution < 1.29 is 9.53 Å². The number of hydrogen-bond donors (Lipinski definition) is 3. The number of aryl methyl sites for hydroxylation is 3. The van der Waals surface area contributed by atoms with Gasteiger partial charge in [-0.05, 0) is 39.0 Å². The summed E-state index contributed by atoms with van der Waals surface area (Å²) in [5.74, 6) is 0.617. The fourth-order valence-corrected chi connectivity index (χ4v) is 2.15. The molecule has 8 heteroatoms. The molecule has 138 valence electrons. The molecule has 2 amide bonds. The van der Waals surface area contributed by atoms with E-state index < -0.39 is 6.03 Å². The Kier molecular flexibility index (Phi) is 7.04. The molecule has 0 radical (unpaired) electrons. The molecule has 0 saturated heterocycles. The van der Waals surface area contributed by atoms with Crippen molar-refractivity contribution in [3.8, 4) is 0 Å². The molecular formula is C18H24N6O2. The molecule has 0 unspecified atom stereocenters. The Morgan fingerprint density at radius 2 is 1.73 bits per heavy atom. The quantitative estimate of drug-likeness (QED) is 0.434. The van der Waals surface area contributed by atoms with E-state index in [1.54, 1.807) is 7.11 Å². The van der Waals surface area contributed by atoms with Crippen LogP contribution in [0.3, 0.4) is 0 Å². The second kappa shape index (κ2) is 9.47. The number of carbonyl (C=O) groups is 1. The standard InChI is InChI=1S/C18H24N6O2/c1-12-5-7-15(8-6-12)22-18(25)24-16(19-9-10-26-4)23-17-20-13(2)11-14(3)21-17/h5-8,11H,9-10H2,1-4H3,(H3,19,20,21,22,23,24,25). The number of ether oxygens (including phenoxy) is 1. The van der Waals surface area contributed by atoms with Gasteiger partial charge in [-0.25, -0.2) is 14.8 Å². The molecule has 26 heavy (non-hydrogen) atoms. The number of methoxy groups -OCH3 is 1. The number of hydrogen-bond acceptors (Lipinski definition) is 5. The first kappa shape index (κ1) is 19.3. The van der Waals surface area contributed by atoms with E-state index in [9.17, 15) is 4.79 Å². The van der Waals surface area contributed by atoms with Crippen LogP contribution in [0.2, 0.25) is 0 Å². The molecule has 2 aromatic rings. The molecule has 1 aromatic heterocycles. The number of guanidine groups is 1. The molecular weight excluding hydrogens is 332 g/mol. The monoisotopic (exact) mass is 356 g/mol. The number of nitrogens with zero attached hydrogens (tertiary/aromatic N) is 3. The number of urea groups is 1. The van der Waals surface area contributed by atoms with Crippen molar-refractivity contribution in [3.05, 3.63) is 47.3 Å². The van der Waals surface area contributed by atoms with E-state index in [1.807, 2.05) is 51.1 Å². The van der Waals surface area contributed by atoms with Gasteiger partial charge in [-0.15, -0.1) is 0 Å². The molecule has 0 atom stereocenters. The molecule has 3 N–H and O–H groups in total. The fraction of sp³-hybridized carbons (Fsp3) is 0.333. The number of nitrogens with one attached hydrogen (secondary N) is 3. The SMILES string of the molecule is COCCN=C(NC(=O)Nc1ccc(C)cc1)Nc1nc(C)cc(C)n1. The molecule has 0 aliphatic carbocycles. The van der Waals surface area contributed by atoms with E-state index in [-0.39, 0.29) is 5.96 Å². The van der Waals surface area contributed by atoms with E-state index in [2.05, 4.69) is 30.9 Å². The van der Waals surface area contributed by atoms with Gasteiger partial charge >= 0.3 is 6.03 Å². The summed E-state index contributed by atoms with van der Waals surface area (Å²) in [7, 11) is 1.59. The van der Waals surface area contributed by atoms with Gasteiger partial charge in [0.1, 0.15) is 0 Å². The van der Waals surface area contributed by atoms with Crippen LogP contribution in [-0.4, -0.2) is 42.2 Å². The number of amides is 2. The van der Waals surface area contributed by atoms with Crippen LogP contribution in [0.25, 0.3) is 0 Å². The predicted molar refractivity (Wildman–Crippen MR) is 103 cm³/mol. The van der Waals surface area contributed by atoms with Crippen LogP contribution in [0, 0.1) is 20.8 Å². The minimum Gasteiger partial charge on any atom is -0.383 e. The molecule has 0 spiro atoms. The zero-order valence-electron chi connectivity index (χ0n) is 15.5. The Balaban J connectivity index is 2.07. The van der Waals surface area contributed by atoms with E-state index >= 15 is 0 Å². The van der Waals surface area contributed by atoms with Gasteiger partial charge in [-0.3, -0.25) is 15.6 Å². The summed E-state index contributed by atoms with van der Waals surface area (Å²) in [6, 6.07) is 8.95. The first-order chi connectivity index (χ1) is 12.5. The normalized spacial score (nSPS) is 11.2. The molecule has 0 bridgehead atoms. The smallest absolute Gasteiger partial charge is 0.326 e. The van der Waals surface area contributed by atoms with Crippen LogP contribution < -0.4 is 16.0 Å². The van der Waals surface area contributed by atoms with E-state index in [0.717, 1.165) is 17.0 Å². The summed E-state index contributed by atoms with van der Waals surface area (Å²) in [6.07, 6.45) is 0. The number of carbonyl (C=O) groups excluding carboxylic acids is 1. The largest absolute Gasteiger partial charge is 0.383 e. The van der Waals surface area contributed by atoms with Gasteiger partial charge in [0.15, 0.2) is 0 Å². The van der Waals surface area contributed by atoms with Gasteiger partial charge in [0.25, 0.3) is 0 Å². The van der Waals surface area contributed by atoms with Crippen LogP contribution in [-0.2, 0) is 4.74 Å².